The fraction of sp³-hybridized carbons (Fsp3) is 0.333. The Balaban J connectivity index is 2.16. The summed E-state index contributed by atoms with van der Waals surface area (Å²) in [6.07, 6.45) is -19.9. The first-order valence-electron chi connectivity index (χ1n) is 9.95. The zero-order valence-corrected chi connectivity index (χ0v) is 19.8. The Kier molecular flexibility index (Phi) is 7.66. The van der Waals surface area contributed by atoms with Gasteiger partial charge in [-0.1, -0.05) is 17.7 Å². The number of halogens is 11. The molecule has 0 radical (unpaired) electrons. The van der Waals surface area contributed by atoms with Crippen molar-refractivity contribution in [2.45, 2.75) is 42.1 Å². The van der Waals surface area contributed by atoms with Crippen LogP contribution >= 0.6 is 11.6 Å². The van der Waals surface area contributed by atoms with E-state index in [1.165, 1.54) is 0 Å². The molecule has 0 saturated carbocycles. The summed E-state index contributed by atoms with van der Waals surface area (Å²) in [5.74, 6) is -1.12. The van der Waals surface area contributed by atoms with Crippen molar-refractivity contribution in [3.05, 3.63) is 52.3 Å². The number of hydrogen-bond donors (Lipinski definition) is 2. The van der Waals surface area contributed by atoms with Crippen LogP contribution in [0.4, 0.5) is 43.9 Å². The molecule has 0 fully saturated rings. The molecular weight excluding hydrogens is 590 g/mol. The maximum atomic E-state index is 14.5. The molecule has 2 N–H and O–H groups in total. The molecule has 0 aliphatic heterocycles. The van der Waals surface area contributed by atoms with Crippen molar-refractivity contribution in [1.82, 2.24) is 0 Å². The molecule has 3 aromatic rings. The number of rotatable bonds is 6. The monoisotopic (exact) mass is 602 g/mol. The van der Waals surface area contributed by atoms with E-state index in [4.69, 9.17) is 16.7 Å². The average molecular weight is 603 g/mol. The van der Waals surface area contributed by atoms with Crippen LogP contribution in [0.1, 0.15) is 17.5 Å². The number of hydrogen-bond acceptors (Lipinski definition) is 4. The molecule has 0 unspecified atom stereocenters. The van der Waals surface area contributed by atoms with Crippen molar-refractivity contribution < 1.29 is 66.7 Å². The van der Waals surface area contributed by atoms with Crippen LogP contribution in [0.2, 0.25) is 5.02 Å². The highest BCUT2D eigenvalue weighted by Gasteiger charge is 2.69. The van der Waals surface area contributed by atoms with E-state index in [-0.39, 0.29) is 11.5 Å². The third-order valence-corrected chi connectivity index (χ3v) is 6.76. The first kappa shape index (κ1) is 30.1. The van der Waals surface area contributed by atoms with Gasteiger partial charge in [-0.2, -0.15) is 47.9 Å². The lowest BCUT2D eigenvalue weighted by molar-refractivity contribution is -0.371. The van der Waals surface area contributed by atoms with Crippen LogP contribution in [-0.2, 0) is 27.6 Å². The predicted octanol–water partition coefficient (Wildman–Crippen LogP) is 6.81. The van der Waals surface area contributed by atoms with Gasteiger partial charge in [-0.25, -0.2) is 4.39 Å². The fourth-order valence-corrected chi connectivity index (χ4v) is 4.61. The molecule has 0 aromatic heterocycles. The summed E-state index contributed by atoms with van der Waals surface area (Å²) in [6.45, 7) is -2.94. The van der Waals surface area contributed by atoms with Gasteiger partial charge in [-0.3, -0.25) is 4.55 Å². The highest BCUT2D eigenvalue weighted by atomic mass is 35.5. The second kappa shape index (κ2) is 9.66. The van der Waals surface area contributed by atoms with Gasteiger partial charge in [0.25, 0.3) is 15.7 Å². The summed E-state index contributed by atoms with van der Waals surface area (Å²) in [6, 6.07) is 3.75. The Morgan fingerprint density at radius 3 is 1.95 bits per heavy atom. The molecule has 17 heteroatoms. The Bertz CT molecular complexity index is 1480. The molecule has 38 heavy (non-hydrogen) atoms. The lowest BCUT2D eigenvalue weighted by atomic mass is 9.95. The van der Waals surface area contributed by atoms with E-state index in [2.05, 4.69) is 4.74 Å². The van der Waals surface area contributed by atoms with E-state index in [0.717, 1.165) is 18.2 Å². The van der Waals surface area contributed by atoms with Crippen LogP contribution in [0.15, 0.2) is 35.2 Å². The first-order valence-corrected chi connectivity index (χ1v) is 11.8. The second-order valence-corrected chi connectivity index (χ2v) is 9.82. The molecule has 0 aliphatic rings. The average Bonchev–Trinajstić information content (AvgIpc) is 2.74. The Morgan fingerprint density at radius 1 is 0.868 bits per heavy atom. The minimum atomic E-state index is -6.20. The fourth-order valence-electron chi connectivity index (χ4n) is 3.71. The topological polar surface area (TPSA) is 83.8 Å². The molecule has 0 aliphatic carbocycles. The Labute approximate surface area is 211 Å². The molecule has 0 saturated heterocycles. The van der Waals surface area contributed by atoms with E-state index >= 15 is 0 Å². The summed E-state index contributed by atoms with van der Waals surface area (Å²) in [5, 5.41) is 6.38. The van der Waals surface area contributed by atoms with Crippen LogP contribution in [0.5, 0.6) is 0 Å². The van der Waals surface area contributed by atoms with Gasteiger partial charge in [0.05, 0.1) is 23.8 Å². The number of fused-ring (bicyclic) bond motifs is 2. The standard InChI is InChI=1S/C21H13ClF10O5S/c22-14-2-1-9-5-13-12(7-11(9)17(14)23)15(38(34,35)36)6-10(16(13)19(24,25)26)8-37-4-3-18(33,20(27,28)29)21(30,31)32/h1-2,5-7,33H,3-4,8H2,(H,34,35,36). The number of alkyl halides is 9. The van der Waals surface area contributed by atoms with E-state index < -0.39 is 96.9 Å². The first-order chi connectivity index (χ1) is 17.1. The number of aliphatic hydroxyl groups is 1. The van der Waals surface area contributed by atoms with Crippen LogP contribution in [0.3, 0.4) is 0 Å². The van der Waals surface area contributed by atoms with E-state index in [1.807, 2.05) is 0 Å². The minimum Gasteiger partial charge on any atom is -0.377 e. The van der Waals surface area contributed by atoms with Crippen molar-refractivity contribution in [2.24, 2.45) is 0 Å². The molecule has 210 valence electrons. The van der Waals surface area contributed by atoms with Gasteiger partial charge in [-0.05, 0) is 40.6 Å². The molecule has 0 spiro atoms. The van der Waals surface area contributed by atoms with Crippen LogP contribution in [0, 0.1) is 5.82 Å². The summed E-state index contributed by atoms with van der Waals surface area (Å²) >= 11 is 5.66. The normalized spacial score (nSPS) is 14.0. The summed E-state index contributed by atoms with van der Waals surface area (Å²) in [4.78, 5) is -1.18. The van der Waals surface area contributed by atoms with Gasteiger partial charge in [0.2, 0.25) is 0 Å². The Morgan fingerprint density at radius 2 is 1.45 bits per heavy atom. The number of ether oxygens (including phenoxy) is 1. The third-order valence-electron chi connectivity index (χ3n) is 5.57. The maximum absolute atomic E-state index is 14.5. The van der Waals surface area contributed by atoms with Crippen molar-refractivity contribution >= 4 is 43.3 Å². The Hall–Kier alpha value is -2.40. The molecule has 0 heterocycles. The molecule has 5 nitrogen and oxygen atoms in total. The molecule has 3 rings (SSSR count). The lowest BCUT2D eigenvalue weighted by Crippen LogP contribution is -2.57. The molecule has 0 amide bonds. The minimum absolute atomic E-state index is 0.190. The van der Waals surface area contributed by atoms with Crippen molar-refractivity contribution in [3.8, 4) is 0 Å². The third kappa shape index (κ3) is 5.50. The predicted molar refractivity (Wildman–Crippen MR) is 113 cm³/mol. The van der Waals surface area contributed by atoms with Gasteiger partial charge in [-0.15, -0.1) is 0 Å². The van der Waals surface area contributed by atoms with Crippen LogP contribution in [0.25, 0.3) is 21.5 Å². The van der Waals surface area contributed by atoms with E-state index in [1.54, 1.807) is 0 Å². The van der Waals surface area contributed by atoms with Crippen molar-refractivity contribution in [3.63, 3.8) is 0 Å². The summed E-state index contributed by atoms with van der Waals surface area (Å²) < 4.78 is 172. The number of benzene rings is 3. The summed E-state index contributed by atoms with van der Waals surface area (Å²) in [7, 11) is -5.31. The summed E-state index contributed by atoms with van der Waals surface area (Å²) in [5.41, 5.74) is -7.94. The largest absolute Gasteiger partial charge is 0.426 e. The van der Waals surface area contributed by atoms with Crippen molar-refractivity contribution in [1.29, 1.82) is 0 Å². The molecular formula is C21H13ClF10O5S. The molecule has 0 atom stereocenters. The van der Waals surface area contributed by atoms with Gasteiger partial charge >= 0.3 is 18.5 Å². The van der Waals surface area contributed by atoms with E-state index in [9.17, 15) is 56.9 Å². The van der Waals surface area contributed by atoms with Crippen LogP contribution in [-0.4, -0.2) is 42.6 Å². The lowest BCUT2D eigenvalue weighted by Gasteiger charge is -2.32. The zero-order valence-electron chi connectivity index (χ0n) is 18.2. The van der Waals surface area contributed by atoms with Crippen LogP contribution < -0.4 is 0 Å². The maximum Gasteiger partial charge on any atom is 0.426 e. The quantitative estimate of drug-likeness (QED) is 0.140. The van der Waals surface area contributed by atoms with Gasteiger partial charge in [0.1, 0.15) is 10.7 Å². The molecule has 3 aromatic carbocycles. The highest BCUT2D eigenvalue weighted by molar-refractivity contribution is 7.86. The van der Waals surface area contributed by atoms with Gasteiger partial charge in [0.15, 0.2) is 0 Å². The van der Waals surface area contributed by atoms with Crippen molar-refractivity contribution in [2.75, 3.05) is 6.61 Å². The SMILES string of the molecule is O=S(=O)(O)c1cc(COCCC(O)(C(F)(F)F)C(F)(F)F)c(C(F)(F)F)c2cc3ccc(Cl)c(F)c3cc12. The molecule has 0 bridgehead atoms. The zero-order chi connectivity index (χ0) is 29.1. The van der Waals surface area contributed by atoms with Gasteiger partial charge < -0.3 is 9.84 Å². The second-order valence-electron chi connectivity index (χ2n) is 8.02. The van der Waals surface area contributed by atoms with E-state index in [0.29, 0.717) is 6.07 Å². The smallest absolute Gasteiger partial charge is 0.377 e. The van der Waals surface area contributed by atoms with Gasteiger partial charge in [0, 0.05) is 17.2 Å². The highest BCUT2D eigenvalue weighted by Crippen LogP contribution is 2.46.